The zero-order valence-corrected chi connectivity index (χ0v) is 13.1. The van der Waals surface area contributed by atoms with Crippen LogP contribution in [0.1, 0.15) is 43.9 Å². The Morgan fingerprint density at radius 2 is 2.11 bits per heavy atom. The summed E-state index contributed by atoms with van der Waals surface area (Å²) < 4.78 is 0. The Hall–Kier alpha value is -0.860. The van der Waals surface area contributed by atoms with Gasteiger partial charge in [-0.1, -0.05) is 30.7 Å². The summed E-state index contributed by atoms with van der Waals surface area (Å²) in [5.74, 6) is 0. The van der Waals surface area contributed by atoms with Gasteiger partial charge in [0.15, 0.2) is 0 Å². The van der Waals surface area contributed by atoms with Crippen molar-refractivity contribution in [3.63, 3.8) is 0 Å². The van der Waals surface area contributed by atoms with Crippen LogP contribution in [0.15, 0.2) is 18.2 Å². The third-order valence-electron chi connectivity index (χ3n) is 4.72. The standard InChI is InChI=1S/C17H28N2/c1-6-17(5)12-18-15(4)10-19(17)11-16-9-13(2)7-8-14(16)3/h7-9,15,18H,6,10-12H2,1-5H3. The van der Waals surface area contributed by atoms with Gasteiger partial charge in [-0.2, -0.15) is 0 Å². The van der Waals surface area contributed by atoms with Crippen LogP contribution in [0.3, 0.4) is 0 Å². The van der Waals surface area contributed by atoms with Crippen molar-refractivity contribution in [3.05, 3.63) is 34.9 Å². The van der Waals surface area contributed by atoms with Gasteiger partial charge in [0.05, 0.1) is 0 Å². The zero-order chi connectivity index (χ0) is 14.0. The molecule has 0 saturated carbocycles. The lowest BCUT2D eigenvalue weighted by Gasteiger charge is -2.47. The second-order valence-corrected chi connectivity index (χ2v) is 6.44. The van der Waals surface area contributed by atoms with Crippen molar-refractivity contribution in [2.75, 3.05) is 13.1 Å². The average Bonchev–Trinajstić information content (AvgIpc) is 2.38. The molecule has 2 rings (SSSR count). The largest absolute Gasteiger partial charge is 0.311 e. The SMILES string of the molecule is CCC1(C)CNC(C)CN1Cc1cc(C)ccc1C. The quantitative estimate of drug-likeness (QED) is 0.897. The predicted octanol–water partition coefficient (Wildman–Crippen LogP) is 3.27. The third kappa shape index (κ3) is 3.18. The van der Waals surface area contributed by atoms with Crippen molar-refractivity contribution >= 4 is 0 Å². The number of nitrogens with zero attached hydrogens (tertiary/aromatic N) is 1. The van der Waals surface area contributed by atoms with Crippen LogP contribution >= 0.6 is 0 Å². The highest BCUT2D eigenvalue weighted by Crippen LogP contribution is 2.26. The van der Waals surface area contributed by atoms with Gasteiger partial charge in [-0.15, -0.1) is 0 Å². The first-order valence-corrected chi connectivity index (χ1v) is 7.49. The van der Waals surface area contributed by atoms with Crippen molar-refractivity contribution in [1.82, 2.24) is 10.2 Å². The highest BCUT2D eigenvalue weighted by atomic mass is 15.3. The Morgan fingerprint density at radius 3 is 2.79 bits per heavy atom. The Labute approximate surface area is 118 Å². The molecule has 19 heavy (non-hydrogen) atoms. The first kappa shape index (κ1) is 14.5. The average molecular weight is 260 g/mol. The topological polar surface area (TPSA) is 15.3 Å². The highest BCUT2D eigenvalue weighted by Gasteiger charge is 2.34. The van der Waals surface area contributed by atoms with Crippen LogP contribution < -0.4 is 5.32 Å². The molecule has 2 nitrogen and oxygen atoms in total. The molecule has 0 aromatic heterocycles. The normalized spacial score (nSPS) is 28.6. The maximum Gasteiger partial charge on any atom is 0.0307 e. The number of benzene rings is 1. The molecule has 2 atom stereocenters. The summed E-state index contributed by atoms with van der Waals surface area (Å²) >= 11 is 0. The van der Waals surface area contributed by atoms with Gasteiger partial charge in [0.25, 0.3) is 0 Å². The summed E-state index contributed by atoms with van der Waals surface area (Å²) in [6.45, 7) is 14.7. The molecule has 1 aromatic rings. The summed E-state index contributed by atoms with van der Waals surface area (Å²) in [5.41, 5.74) is 4.54. The smallest absolute Gasteiger partial charge is 0.0307 e. The molecule has 1 N–H and O–H groups in total. The van der Waals surface area contributed by atoms with Crippen LogP contribution in [-0.4, -0.2) is 29.6 Å². The highest BCUT2D eigenvalue weighted by molar-refractivity contribution is 5.30. The Kier molecular flexibility index (Phi) is 4.32. The molecular formula is C17H28N2. The maximum atomic E-state index is 3.62. The van der Waals surface area contributed by atoms with E-state index >= 15 is 0 Å². The fourth-order valence-corrected chi connectivity index (χ4v) is 2.90. The summed E-state index contributed by atoms with van der Waals surface area (Å²) in [5, 5.41) is 3.62. The summed E-state index contributed by atoms with van der Waals surface area (Å²) in [6.07, 6.45) is 1.19. The molecule has 106 valence electrons. The molecule has 1 heterocycles. The van der Waals surface area contributed by atoms with Crippen molar-refractivity contribution in [1.29, 1.82) is 0 Å². The molecule has 0 amide bonds. The Morgan fingerprint density at radius 1 is 1.37 bits per heavy atom. The monoisotopic (exact) mass is 260 g/mol. The molecular weight excluding hydrogens is 232 g/mol. The van der Waals surface area contributed by atoms with Gasteiger partial charge in [0.2, 0.25) is 0 Å². The van der Waals surface area contributed by atoms with E-state index in [9.17, 15) is 0 Å². The lowest BCUT2D eigenvalue weighted by molar-refractivity contribution is 0.0451. The van der Waals surface area contributed by atoms with E-state index in [0.29, 0.717) is 6.04 Å². The number of aryl methyl sites for hydroxylation is 2. The molecule has 1 aromatic carbocycles. The molecule has 2 unspecified atom stereocenters. The van der Waals surface area contributed by atoms with Crippen LogP contribution in [-0.2, 0) is 6.54 Å². The van der Waals surface area contributed by atoms with Gasteiger partial charge in [0.1, 0.15) is 0 Å². The van der Waals surface area contributed by atoms with Crippen LogP contribution in [0.2, 0.25) is 0 Å². The molecule has 0 bridgehead atoms. The minimum absolute atomic E-state index is 0.280. The molecule has 0 radical (unpaired) electrons. The molecule has 1 aliphatic rings. The maximum absolute atomic E-state index is 3.62. The molecule has 1 fully saturated rings. The first-order chi connectivity index (χ1) is 8.94. The van der Waals surface area contributed by atoms with E-state index in [1.54, 1.807) is 0 Å². The van der Waals surface area contributed by atoms with E-state index in [0.717, 1.165) is 19.6 Å². The van der Waals surface area contributed by atoms with Crippen LogP contribution in [0.5, 0.6) is 0 Å². The van der Waals surface area contributed by atoms with E-state index in [2.05, 4.69) is 63.0 Å². The lowest BCUT2D eigenvalue weighted by atomic mass is 9.91. The van der Waals surface area contributed by atoms with Gasteiger partial charge < -0.3 is 5.32 Å². The van der Waals surface area contributed by atoms with Crippen LogP contribution in [0.4, 0.5) is 0 Å². The molecule has 1 saturated heterocycles. The zero-order valence-electron chi connectivity index (χ0n) is 13.1. The van der Waals surface area contributed by atoms with Gasteiger partial charge >= 0.3 is 0 Å². The Bertz CT molecular complexity index is 441. The lowest BCUT2D eigenvalue weighted by Crippen LogP contribution is -2.61. The first-order valence-electron chi connectivity index (χ1n) is 7.49. The molecule has 2 heteroatoms. The van der Waals surface area contributed by atoms with Gasteiger partial charge in [0, 0.05) is 31.2 Å². The molecule has 1 aliphatic heterocycles. The van der Waals surface area contributed by atoms with Crippen LogP contribution in [0, 0.1) is 13.8 Å². The summed E-state index contributed by atoms with van der Waals surface area (Å²) in [4.78, 5) is 2.66. The van der Waals surface area contributed by atoms with Gasteiger partial charge in [-0.05, 0) is 45.2 Å². The number of hydrogen-bond donors (Lipinski definition) is 1. The van der Waals surface area contributed by atoms with Crippen molar-refractivity contribution in [2.45, 2.75) is 59.2 Å². The second-order valence-electron chi connectivity index (χ2n) is 6.44. The minimum Gasteiger partial charge on any atom is -0.311 e. The predicted molar refractivity (Wildman–Crippen MR) is 82.5 cm³/mol. The van der Waals surface area contributed by atoms with Gasteiger partial charge in [-0.25, -0.2) is 0 Å². The Balaban J connectivity index is 2.21. The fraction of sp³-hybridized carbons (Fsp3) is 0.647. The van der Waals surface area contributed by atoms with E-state index in [-0.39, 0.29) is 5.54 Å². The third-order valence-corrected chi connectivity index (χ3v) is 4.72. The van der Waals surface area contributed by atoms with E-state index < -0.39 is 0 Å². The van der Waals surface area contributed by atoms with E-state index in [1.807, 2.05) is 0 Å². The second kappa shape index (κ2) is 5.64. The van der Waals surface area contributed by atoms with Crippen molar-refractivity contribution < 1.29 is 0 Å². The number of hydrogen-bond acceptors (Lipinski definition) is 2. The molecule has 0 aliphatic carbocycles. The summed E-state index contributed by atoms with van der Waals surface area (Å²) in [7, 11) is 0. The van der Waals surface area contributed by atoms with E-state index in [1.165, 1.54) is 23.1 Å². The van der Waals surface area contributed by atoms with Gasteiger partial charge in [-0.3, -0.25) is 4.90 Å². The number of rotatable bonds is 3. The van der Waals surface area contributed by atoms with Crippen LogP contribution in [0.25, 0.3) is 0 Å². The van der Waals surface area contributed by atoms with E-state index in [4.69, 9.17) is 0 Å². The summed E-state index contributed by atoms with van der Waals surface area (Å²) in [6, 6.07) is 7.39. The molecule has 0 spiro atoms. The minimum atomic E-state index is 0.280. The van der Waals surface area contributed by atoms with Crippen molar-refractivity contribution in [3.8, 4) is 0 Å². The number of nitrogens with one attached hydrogen (secondary N) is 1. The van der Waals surface area contributed by atoms with Crippen molar-refractivity contribution in [2.24, 2.45) is 0 Å². The fourth-order valence-electron chi connectivity index (χ4n) is 2.90. The number of piperazine rings is 1.